The molecule has 0 aliphatic carbocycles. The molecule has 0 saturated carbocycles. The number of nitrogens with zero attached hydrogens (tertiary/aromatic N) is 1. The highest BCUT2D eigenvalue weighted by Gasteiger charge is 2.27. The first-order valence-electron chi connectivity index (χ1n) is 6.12. The molecule has 3 heteroatoms. The van der Waals surface area contributed by atoms with E-state index in [2.05, 4.69) is 49.7 Å². The second-order valence-corrected chi connectivity index (χ2v) is 6.51. The van der Waals surface area contributed by atoms with Gasteiger partial charge >= 0.3 is 0 Å². The molecule has 0 aromatic carbocycles. The smallest absolute Gasteiger partial charge is 0.0252 e. The molecule has 1 unspecified atom stereocenters. The van der Waals surface area contributed by atoms with Crippen molar-refractivity contribution in [2.75, 3.05) is 31.1 Å². The van der Waals surface area contributed by atoms with Gasteiger partial charge in [0.05, 0.1) is 0 Å². The van der Waals surface area contributed by atoms with E-state index in [9.17, 15) is 0 Å². The maximum atomic E-state index is 3.56. The maximum Gasteiger partial charge on any atom is 0.0252 e. The van der Waals surface area contributed by atoms with Crippen LogP contribution in [-0.2, 0) is 0 Å². The highest BCUT2D eigenvalue weighted by Crippen LogP contribution is 2.16. The van der Waals surface area contributed by atoms with Crippen LogP contribution in [0.25, 0.3) is 0 Å². The Hall–Kier alpha value is 0.270. The largest absolute Gasteiger partial charge is 0.309 e. The summed E-state index contributed by atoms with van der Waals surface area (Å²) in [6, 6.07) is 0.741. The lowest BCUT2D eigenvalue weighted by Crippen LogP contribution is -2.58. The number of nitrogens with one attached hydrogen (secondary N) is 1. The Balaban J connectivity index is 2.29. The summed E-state index contributed by atoms with van der Waals surface area (Å²) < 4.78 is 0. The topological polar surface area (TPSA) is 15.3 Å². The molecule has 1 fully saturated rings. The van der Waals surface area contributed by atoms with Gasteiger partial charge < -0.3 is 5.32 Å². The Morgan fingerprint density at radius 2 is 2.20 bits per heavy atom. The van der Waals surface area contributed by atoms with Gasteiger partial charge in [0.15, 0.2) is 0 Å². The third kappa shape index (κ3) is 4.75. The average Bonchev–Trinajstić information content (AvgIpc) is 2.16. The number of piperazine rings is 1. The summed E-state index contributed by atoms with van der Waals surface area (Å²) in [4.78, 5) is 2.63. The molecule has 0 bridgehead atoms. The van der Waals surface area contributed by atoms with Gasteiger partial charge in [0.2, 0.25) is 0 Å². The first-order valence-corrected chi connectivity index (χ1v) is 7.27. The van der Waals surface area contributed by atoms with Crippen LogP contribution in [0.3, 0.4) is 0 Å². The summed E-state index contributed by atoms with van der Waals surface area (Å²) in [5, 5.41) is 3.56. The zero-order chi connectivity index (χ0) is 11.3. The zero-order valence-electron chi connectivity index (χ0n) is 10.7. The van der Waals surface area contributed by atoms with Crippen LogP contribution in [0.4, 0.5) is 0 Å². The van der Waals surface area contributed by atoms with Crippen LogP contribution < -0.4 is 5.32 Å². The molecule has 2 nitrogen and oxygen atoms in total. The van der Waals surface area contributed by atoms with E-state index in [1.54, 1.807) is 0 Å². The molecule has 0 aromatic heterocycles. The molecular weight excluding hydrogens is 204 g/mol. The molecule has 0 aromatic rings. The zero-order valence-corrected chi connectivity index (χ0v) is 11.5. The summed E-state index contributed by atoms with van der Waals surface area (Å²) in [5.74, 6) is 2.56. The van der Waals surface area contributed by atoms with Crippen molar-refractivity contribution in [3.05, 3.63) is 0 Å². The summed E-state index contributed by atoms with van der Waals surface area (Å²) in [5.41, 5.74) is 0.296. The second kappa shape index (κ2) is 6.12. The van der Waals surface area contributed by atoms with Crippen LogP contribution in [0.15, 0.2) is 0 Å². The molecule has 0 spiro atoms. The van der Waals surface area contributed by atoms with Crippen LogP contribution in [0.2, 0.25) is 0 Å². The van der Waals surface area contributed by atoms with E-state index in [0.29, 0.717) is 5.54 Å². The number of hydrogen-bond acceptors (Lipinski definition) is 3. The Morgan fingerprint density at radius 1 is 1.47 bits per heavy atom. The fraction of sp³-hybridized carbons (Fsp3) is 1.00. The van der Waals surface area contributed by atoms with Gasteiger partial charge in [0, 0.05) is 31.2 Å². The van der Waals surface area contributed by atoms with Crippen molar-refractivity contribution >= 4 is 11.8 Å². The minimum absolute atomic E-state index is 0.296. The molecule has 1 saturated heterocycles. The first-order chi connectivity index (χ1) is 7.05. The summed E-state index contributed by atoms with van der Waals surface area (Å²) in [6.07, 6.45) is 1.33. The molecule has 1 rings (SSSR count). The molecule has 15 heavy (non-hydrogen) atoms. The number of hydrogen-bond donors (Lipinski definition) is 1. The van der Waals surface area contributed by atoms with E-state index in [0.717, 1.165) is 12.6 Å². The molecule has 90 valence electrons. The molecule has 0 radical (unpaired) electrons. The lowest BCUT2D eigenvalue weighted by atomic mass is 10.0. The van der Waals surface area contributed by atoms with Crippen LogP contribution in [0.5, 0.6) is 0 Å². The highest BCUT2D eigenvalue weighted by atomic mass is 32.2. The van der Waals surface area contributed by atoms with E-state index >= 15 is 0 Å². The number of thioether (sulfide) groups is 1. The molecule has 0 amide bonds. The van der Waals surface area contributed by atoms with Crippen molar-refractivity contribution in [1.82, 2.24) is 10.2 Å². The van der Waals surface area contributed by atoms with Gasteiger partial charge in [-0.05, 0) is 38.7 Å². The minimum atomic E-state index is 0.296. The van der Waals surface area contributed by atoms with Crippen LogP contribution >= 0.6 is 11.8 Å². The fourth-order valence-corrected chi connectivity index (χ4v) is 2.93. The van der Waals surface area contributed by atoms with Crippen LogP contribution in [0, 0.1) is 0 Å². The van der Waals surface area contributed by atoms with Gasteiger partial charge in [-0.3, -0.25) is 4.90 Å². The molecule has 1 heterocycles. The standard InChI is InChI=1S/C12H26N2S/c1-5-15-9-6-11(2)14-8-7-13-12(3,4)10-14/h11,13H,5-10H2,1-4H3. The Bertz CT molecular complexity index is 182. The molecule has 1 aliphatic rings. The predicted octanol–water partition coefficient (Wildman–Crippen LogP) is 2.20. The van der Waals surface area contributed by atoms with Gasteiger partial charge in [-0.15, -0.1) is 0 Å². The fourth-order valence-electron chi connectivity index (χ4n) is 2.14. The lowest BCUT2D eigenvalue weighted by Gasteiger charge is -2.42. The van der Waals surface area contributed by atoms with Crippen molar-refractivity contribution in [1.29, 1.82) is 0 Å². The van der Waals surface area contributed by atoms with Crippen molar-refractivity contribution in [2.45, 2.75) is 45.7 Å². The molecular formula is C12H26N2S. The van der Waals surface area contributed by atoms with Gasteiger partial charge in [-0.25, -0.2) is 0 Å². The third-order valence-corrected chi connectivity index (χ3v) is 4.04. The predicted molar refractivity (Wildman–Crippen MR) is 70.7 cm³/mol. The van der Waals surface area contributed by atoms with Crippen molar-refractivity contribution in [3.63, 3.8) is 0 Å². The van der Waals surface area contributed by atoms with E-state index in [-0.39, 0.29) is 0 Å². The highest BCUT2D eigenvalue weighted by molar-refractivity contribution is 7.99. The maximum absolute atomic E-state index is 3.56. The van der Waals surface area contributed by atoms with Gasteiger partial charge in [-0.2, -0.15) is 11.8 Å². The summed E-state index contributed by atoms with van der Waals surface area (Å²) in [7, 11) is 0. The van der Waals surface area contributed by atoms with E-state index in [4.69, 9.17) is 0 Å². The quantitative estimate of drug-likeness (QED) is 0.729. The summed E-state index contributed by atoms with van der Waals surface area (Å²) >= 11 is 2.06. The SMILES string of the molecule is CCSCCC(C)N1CCNC(C)(C)C1. The minimum Gasteiger partial charge on any atom is -0.309 e. The van der Waals surface area contributed by atoms with Gasteiger partial charge in [-0.1, -0.05) is 6.92 Å². The molecule has 1 aliphatic heterocycles. The third-order valence-electron chi connectivity index (χ3n) is 3.11. The average molecular weight is 230 g/mol. The van der Waals surface area contributed by atoms with Gasteiger partial charge in [0.25, 0.3) is 0 Å². The van der Waals surface area contributed by atoms with E-state index in [1.807, 2.05) is 0 Å². The second-order valence-electron chi connectivity index (χ2n) is 5.12. The molecule has 1 N–H and O–H groups in total. The monoisotopic (exact) mass is 230 g/mol. The van der Waals surface area contributed by atoms with Crippen LogP contribution in [-0.4, -0.2) is 47.6 Å². The van der Waals surface area contributed by atoms with Gasteiger partial charge in [0.1, 0.15) is 0 Å². The Morgan fingerprint density at radius 3 is 2.80 bits per heavy atom. The number of rotatable bonds is 5. The van der Waals surface area contributed by atoms with Crippen molar-refractivity contribution < 1.29 is 0 Å². The van der Waals surface area contributed by atoms with Crippen LogP contribution in [0.1, 0.15) is 34.1 Å². The normalized spacial score (nSPS) is 24.0. The van der Waals surface area contributed by atoms with E-state index in [1.165, 1.54) is 31.0 Å². The summed E-state index contributed by atoms with van der Waals surface area (Å²) in [6.45, 7) is 12.7. The van der Waals surface area contributed by atoms with E-state index < -0.39 is 0 Å². The first kappa shape index (κ1) is 13.3. The Kier molecular flexibility index (Phi) is 5.44. The lowest BCUT2D eigenvalue weighted by molar-refractivity contribution is 0.115. The Labute approximate surface area is 99.2 Å². The molecule has 1 atom stereocenters. The van der Waals surface area contributed by atoms with Crippen molar-refractivity contribution in [2.24, 2.45) is 0 Å². The van der Waals surface area contributed by atoms with Crippen molar-refractivity contribution in [3.8, 4) is 0 Å².